The second-order valence-electron chi connectivity index (χ2n) is 13.0. The van der Waals surface area contributed by atoms with Crippen molar-refractivity contribution < 1.29 is 23.1 Å². The number of aromatic amines is 1. The summed E-state index contributed by atoms with van der Waals surface area (Å²) in [5, 5.41) is 11.9. The van der Waals surface area contributed by atoms with Gasteiger partial charge < -0.3 is 10.1 Å². The van der Waals surface area contributed by atoms with Gasteiger partial charge in [-0.15, -0.1) is 23.5 Å². The van der Waals surface area contributed by atoms with Gasteiger partial charge in [-0.2, -0.15) is 13.2 Å². The van der Waals surface area contributed by atoms with Crippen molar-refractivity contribution in [3.05, 3.63) is 108 Å². The predicted molar refractivity (Wildman–Crippen MR) is 189 cm³/mol. The SMILES string of the molecule is CCC(CC)(C(=O)O)C(Cc1ccc(-c2ccc(C(F)(F)F)cn2)cc1)c1[nH]c2ccc(SCc3ccccn3)cc2c1SC(C)(C)C. The summed E-state index contributed by atoms with van der Waals surface area (Å²) in [5.41, 5.74) is 3.08. The van der Waals surface area contributed by atoms with Gasteiger partial charge >= 0.3 is 12.1 Å². The summed E-state index contributed by atoms with van der Waals surface area (Å²) in [6, 6.07) is 22.2. The minimum absolute atomic E-state index is 0.147. The summed E-state index contributed by atoms with van der Waals surface area (Å²) in [6.45, 7) is 10.4. The molecule has 3 heterocycles. The van der Waals surface area contributed by atoms with Crippen molar-refractivity contribution in [1.29, 1.82) is 0 Å². The number of nitrogens with zero attached hydrogens (tertiary/aromatic N) is 2. The highest BCUT2D eigenvalue weighted by molar-refractivity contribution is 8.01. The molecular weight excluding hydrogens is 652 g/mol. The molecule has 0 saturated carbocycles. The number of rotatable bonds is 12. The molecule has 0 aliphatic rings. The van der Waals surface area contributed by atoms with Crippen LogP contribution in [0, 0.1) is 5.41 Å². The first-order chi connectivity index (χ1) is 22.7. The Morgan fingerprint density at radius 2 is 1.67 bits per heavy atom. The normalized spacial score (nSPS) is 13.2. The molecule has 0 fully saturated rings. The molecule has 1 unspecified atom stereocenters. The Labute approximate surface area is 288 Å². The first-order valence-corrected chi connectivity index (χ1v) is 17.8. The van der Waals surface area contributed by atoms with Crippen LogP contribution in [0.15, 0.2) is 95.0 Å². The van der Waals surface area contributed by atoms with Gasteiger partial charge in [-0.3, -0.25) is 14.8 Å². The first-order valence-electron chi connectivity index (χ1n) is 16.0. The van der Waals surface area contributed by atoms with Crippen LogP contribution in [0.5, 0.6) is 0 Å². The van der Waals surface area contributed by atoms with Crippen LogP contribution >= 0.6 is 23.5 Å². The zero-order chi connectivity index (χ0) is 34.7. The second kappa shape index (κ2) is 14.4. The number of aliphatic carboxylic acids is 1. The molecule has 0 aliphatic heterocycles. The Morgan fingerprint density at radius 3 is 2.23 bits per heavy atom. The summed E-state index contributed by atoms with van der Waals surface area (Å²) < 4.78 is 39.0. The zero-order valence-corrected chi connectivity index (χ0v) is 29.3. The van der Waals surface area contributed by atoms with Crippen molar-refractivity contribution in [2.75, 3.05) is 0 Å². The van der Waals surface area contributed by atoms with Crippen LogP contribution in [0.2, 0.25) is 0 Å². The van der Waals surface area contributed by atoms with E-state index in [1.807, 2.05) is 56.3 Å². The van der Waals surface area contributed by atoms with Crippen LogP contribution < -0.4 is 0 Å². The van der Waals surface area contributed by atoms with Crippen molar-refractivity contribution in [1.82, 2.24) is 15.0 Å². The van der Waals surface area contributed by atoms with Gasteiger partial charge in [0.25, 0.3) is 0 Å². The molecule has 0 radical (unpaired) electrons. The lowest BCUT2D eigenvalue weighted by Crippen LogP contribution is -2.38. The van der Waals surface area contributed by atoms with E-state index in [2.05, 4.69) is 53.9 Å². The number of carbonyl (C=O) groups is 1. The van der Waals surface area contributed by atoms with E-state index in [1.165, 1.54) is 6.07 Å². The molecule has 2 N–H and O–H groups in total. The number of H-pyrrole nitrogens is 1. The molecule has 2 aromatic carbocycles. The smallest absolute Gasteiger partial charge is 0.417 e. The number of thioether (sulfide) groups is 2. The van der Waals surface area contributed by atoms with E-state index in [-0.39, 0.29) is 10.7 Å². The van der Waals surface area contributed by atoms with Crippen molar-refractivity contribution in [3.8, 4) is 11.3 Å². The van der Waals surface area contributed by atoms with Gasteiger partial charge in [-0.05, 0) is 67.3 Å². The molecule has 0 spiro atoms. The Balaban J connectivity index is 1.56. The minimum Gasteiger partial charge on any atom is -0.481 e. The maximum absolute atomic E-state index is 13.2. The summed E-state index contributed by atoms with van der Waals surface area (Å²) in [6.07, 6.45) is -0.470. The van der Waals surface area contributed by atoms with Crippen molar-refractivity contribution in [3.63, 3.8) is 0 Å². The highest BCUT2D eigenvalue weighted by atomic mass is 32.2. The van der Waals surface area contributed by atoms with Crippen LogP contribution in [0.1, 0.15) is 75.9 Å². The van der Waals surface area contributed by atoms with Gasteiger partial charge in [0.05, 0.1) is 22.4 Å². The minimum atomic E-state index is -4.45. The largest absolute Gasteiger partial charge is 0.481 e. The molecule has 252 valence electrons. The van der Waals surface area contributed by atoms with E-state index in [0.29, 0.717) is 30.5 Å². The molecular formula is C38H40F3N3O2S2. The molecule has 5 nitrogen and oxygen atoms in total. The quantitative estimate of drug-likeness (QED) is 0.127. The summed E-state index contributed by atoms with van der Waals surface area (Å²) in [7, 11) is 0. The molecule has 48 heavy (non-hydrogen) atoms. The van der Waals surface area contributed by atoms with Gasteiger partial charge in [-0.25, -0.2) is 0 Å². The fraction of sp³-hybridized carbons (Fsp3) is 0.342. The maximum atomic E-state index is 13.2. The molecule has 10 heteroatoms. The molecule has 0 bridgehead atoms. The average molecular weight is 692 g/mol. The Morgan fingerprint density at radius 1 is 0.938 bits per heavy atom. The molecule has 0 aliphatic carbocycles. The third kappa shape index (κ3) is 7.92. The first kappa shape index (κ1) is 35.5. The van der Waals surface area contributed by atoms with E-state index in [4.69, 9.17) is 0 Å². The van der Waals surface area contributed by atoms with Crippen molar-refractivity contribution >= 4 is 40.4 Å². The molecule has 3 aromatic heterocycles. The predicted octanol–water partition coefficient (Wildman–Crippen LogP) is 11.0. The van der Waals surface area contributed by atoms with Crippen molar-refractivity contribution in [2.24, 2.45) is 5.41 Å². The van der Waals surface area contributed by atoms with Gasteiger partial charge in [0.1, 0.15) is 0 Å². The lowest BCUT2D eigenvalue weighted by molar-refractivity contribution is -0.151. The Kier molecular flexibility index (Phi) is 10.7. The van der Waals surface area contributed by atoms with E-state index in [1.54, 1.807) is 29.7 Å². The molecule has 0 amide bonds. The fourth-order valence-corrected chi connectivity index (χ4v) is 8.15. The topological polar surface area (TPSA) is 78.9 Å². The fourth-order valence-electron chi connectivity index (χ4n) is 6.11. The third-order valence-corrected chi connectivity index (χ3v) is 11.0. The van der Waals surface area contributed by atoms with Crippen LogP contribution in [0.3, 0.4) is 0 Å². The lowest BCUT2D eigenvalue weighted by Gasteiger charge is -2.36. The van der Waals surface area contributed by atoms with E-state index >= 15 is 0 Å². The number of carboxylic acids is 1. The van der Waals surface area contributed by atoms with Gasteiger partial charge in [0.2, 0.25) is 0 Å². The summed E-state index contributed by atoms with van der Waals surface area (Å²) in [4.78, 5) is 27.5. The number of pyridine rings is 2. The highest BCUT2D eigenvalue weighted by Gasteiger charge is 2.45. The second-order valence-corrected chi connectivity index (χ2v) is 15.8. The number of fused-ring (bicyclic) bond motifs is 1. The standard InChI is InChI=1S/C38H40F3N3O2S2/c1-6-37(7-2,35(45)46)30(20-24-11-13-25(14-12-24)31-17-15-26(22-43-31)38(39,40)41)33-34(48-36(3,4)5)29-21-28(16-18-32(29)44-33)47-23-27-10-8-9-19-42-27/h8-19,21-22,30,44H,6-7,20,23H2,1-5H3,(H,45,46). The van der Waals surface area contributed by atoms with E-state index < -0.39 is 23.1 Å². The van der Waals surface area contributed by atoms with Gasteiger partial charge in [0, 0.05) is 60.8 Å². The van der Waals surface area contributed by atoms with Crippen LogP contribution in [0.25, 0.3) is 22.2 Å². The molecule has 5 aromatic rings. The number of aromatic nitrogens is 3. The Bertz CT molecular complexity index is 1850. The zero-order valence-electron chi connectivity index (χ0n) is 27.7. The number of carboxylic acid groups (broad SMARTS) is 1. The Hall–Kier alpha value is -3.76. The van der Waals surface area contributed by atoms with E-state index in [9.17, 15) is 23.1 Å². The van der Waals surface area contributed by atoms with Crippen LogP contribution in [-0.4, -0.2) is 30.8 Å². The summed E-state index contributed by atoms with van der Waals surface area (Å²) >= 11 is 3.46. The number of hydrogen-bond donors (Lipinski definition) is 2. The molecule has 0 saturated heterocycles. The number of nitrogens with one attached hydrogen (secondary N) is 1. The summed E-state index contributed by atoms with van der Waals surface area (Å²) in [5.74, 6) is -0.485. The highest BCUT2D eigenvalue weighted by Crippen LogP contribution is 2.50. The number of halogens is 3. The number of benzene rings is 2. The maximum Gasteiger partial charge on any atom is 0.417 e. The lowest BCUT2D eigenvalue weighted by atomic mass is 9.67. The number of alkyl halides is 3. The third-order valence-electron chi connectivity index (χ3n) is 8.75. The van der Waals surface area contributed by atoms with Gasteiger partial charge in [-0.1, -0.05) is 65.0 Å². The van der Waals surface area contributed by atoms with Crippen molar-refractivity contribution in [2.45, 2.75) is 86.3 Å². The average Bonchev–Trinajstić information content (AvgIpc) is 3.40. The van der Waals surface area contributed by atoms with Crippen LogP contribution in [-0.2, 0) is 23.1 Å². The monoisotopic (exact) mass is 691 g/mol. The van der Waals surface area contributed by atoms with Crippen LogP contribution in [0.4, 0.5) is 13.2 Å². The molecule has 5 rings (SSSR count). The number of hydrogen-bond acceptors (Lipinski definition) is 5. The van der Waals surface area contributed by atoms with Gasteiger partial charge in [0.15, 0.2) is 0 Å². The van der Waals surface area contributed by atoms with E-state index in [0.717, 1.165) is 55.7 Å². The molecule has 1 atom stereocenters.